The van der Waals surface area contributed by atoms with E-state index in [4.69, 9.17) is 16.3 Å². The lowest BCUT2D eigenvalue weighted by atomic mass is 9.92. The summed E-state index contributed by atoms with van der Waals surface area (Å²) >= 11 is 12.0. The summed E-state index contributed by atoms with van der Waals surface area (Å²) in [5.74, 6) is 0.862. The standard InChI is InChI=1S/C15H19ClNO3S2.Al/c1-3-9-10(11(16)7-13(9)18)5-6-21-15-17-12(8-22-15)14(19)20-4-2;/h1,3,8-11,13,18H,4-7H2,2H3;/t9-,10-,11-,13-;/m1./s1. The van der Waals surface area contributed by atoms with E-state index in [-0.39, 0.29) is 29.3 Å². The second-order valence-electron chi connectivity index (χ2n) is 5.30. The molecule has 1 heterocycles. The van der Waals surface area contributed by atoms with E-state index in [1.165, 1.54) is 11.3 Å². The van der Waals surface area contributed by atoms with Gasteiger partial charge in [-0.05, 0) is 25.7 Å². The van der Waals surface area contributed by atoms with Crippen LogP contribution in [-0.2, 0) is 4.74 Å². The van der Waals surface area contributed by atoms with Gasteiger partial charge in [0.1, 0.15) is 0 Å². The maximum atomic E-state index is 11.6. The molecule has 1 aromatic rings. The van der Waals surface area contributed by atoms with E-state index >= 15 is 0 Å². The van der Waals surface area contributed by atoms with Crippen LogP contribution in [0.2, 0.25) is 0 Å². The highest BCUT2D eigenvalue weighted by Crippen LogP contribution is 2.40. The Balaban J connectivity index is 1.86. The van der Waals surface area contributed by atoms with Gasteiger partial charge in [0.25, 0.3) is 0 Å². The Morgan fingerprint density at radius 2 is 2.48 bits per heavy atom. The molecule has 0 spiro atoms. The molecule has 1 aliphatic carbocycles. The number of thioether (sulfide) groups is 1. The van der Waals surface area contributed by atoms with Gasteiger partial charge in [-0.1, -0.05) is 11.8 Å². The van der Waals surface area contributed by atoms with Crippen molar-refractivity contribution in [1.82, 2.24) is 4.98 Å². The third kappa shape index (κ3) is 5.22. The number of carbonyl (C=O) groups excluding carboxylic acids is 1. The van der Waals surface area contributed by atoms with Crippen molar-refractivity contribution in [2.24, 2.45) is 11.8 Å². The summed E-state index contributed by atoms with van der Waals surface area (Å²) in [6.45, 7) is 2.13. The average molecular weight is 388 g/mol. The van der Waals surface area contributed by atoms with Crippen molar-refractivity contribution in [1.29, 1.82) is 0 Å². The van der Waals surface area contributed by atoms with E-state index in [1.54, 1.807) is 24.1 Å². The lowest BCUT2D eigenvalue weighted by molar-refractivity contribution is 0.0520. The fraction of sp³-hybridized carbons (Fsp3) is 0.600. The number of halogens is 1. The van der Waals surface area contributed by atoms with Crippen LogP contribution in [0.1, 0.15) is 30.3 Å². The van der Waals surface area contributed by atoms with Crippen molar-refractivity contribution in [2.45, 2.75) is 35.6 Å². The monoisotopic (exact) mass is 387 g/mol. The number of thiazole rings is 1. The maximum absolute atomic E-state index is 11.6. The lowest BCUT2D eigenvalue weighted by Gasteiger charge is -2.20. The van der Waals surface area contributed by atoms with E-state index in [0.29, 0.717) is 18.7 Å². The molecule has 1 aromatic heterocycles. The van der Waals surface area contributed by atoms with Gasteiger partial charge in [-0.2, -0.15) is 4.94 Å². The first-order chi connectivity index (χ1) is 11.1. The van der Waals surface area contributed by atoms with Gasteiger partial charge in [0, 0.05) is 22.4 Å². The first kappa shape index (κ1) is 19.3. The molecule has 124 valence electrons. The summed E-state index contributed by atoms with van der Waals surface area (Å²) < 4.78 is 5.79. The molecule has 8 heteroatoms. The molecule has 0 saturated heterocycles. The first-order valence-corrected chi connectivity index (χ1v) is 10.5. The van der Waals surface area contributed by atoms with Crippen LogP contribution in [0.4, 0.5) is 0 Å². The number of nitrogens with zero attached hydrogens (tertiary/aromatic N) is 1. The topological polar surface area (TPSA) is 59.4 Å². The van der Waals surface area contributed by atoms with Gasteiger partial charge >= 0.3 is 5.97 Å². The number of hydrogen-bond acceptors (Lipinski definition) is 6. The van der Waals surface area contributed by atoms with E-state index in [1.807, 2.05) is 11.0 Å². The third-order valence-electron chi connectivity index (χ3n) is 3.85. The molecule has 0 unspecified atom stereocenters. The Morgan fingerprint density at radius 1 is 1.70 bits per heavy atom. The smallest absolute Gasteiger partial charge is 0.357 e. The van der Waals surface area contributed by atoms with Crippen LogP contribution in [0, 0.1) is 11.8 Å². The zero-order valence-electron chi connectivity index (χ0n) is 12.9. The molecule has 0 bridgehead atoms. The van der Waals surface area contributed by atoms with Gasteiger partial charge < -0.3 is 9.84 Å². The molecular formula is C15H19AlClNO3S2. The number of alkyl halides is 1. The highest BCUT2D eigenvalue weighted by atomic mass is 35.5. The fourth-order valence-corrected chi connectivity index (χ4v) is 5.41. The average Bonchev–Trinajstić information content (AvgIpc) is 3.08. The molecule has 4 atom stereocenters. The zero-order valence-corrected chi connectivity index (χ0v) is 16.4. The van der Waals surface area contributed by atoms with Crippen LogP contribution in [-0.4, -0.2) is 56.2 Å². The minimum atomic E-state index is -0.374. The molecule has 0 aliphatic heterocycles. The summed E-state index contributed by atoms with van der Waals surface area (Å²) in [4.78, 5) is 17.8. The van der Waals surface area contributed by atoms with Crippen molar-refractivity contribution in [3.05, 3.63) is 22.1 Å². The molecule has 1 aliphatic rings. The Labute approximate surface area is 158 Å². The van der Waals surface area contributed by atoms with Gasteiger partial charge in [0.2, 0.25) is 0 Å². The second kappa shape index (κ2) is 9.45. The van der Waals surface area contributed by atoms with E-state index < -0.39 is 0 Å². The van der Waals surface area contributed by atoms with Gasteiger partial charge in [-0.3, -0.25) is 0 Å². The number of rotatable bonds is 7. The summed E-state index contributed by atoms with van der Waals surface area (Å²) in [6.07, 6.45) is 3.21. The Kier molecular flexibility index (Phi) is 7.93. The quantitative estimate of drug-likeness (QED) is 0.337. The van der Waals surface area contributed by atoms with Crippen LogP contribution in [0.25, 0.3) is 0 Å². The zero-order chi connectivity index (χ0) is 16.8. The van der Waals surface area contributed by atoms with Gasteiger partial charge in [-0.15, -0.1) is 29.0 Å². The normalized spacial score (nSPS) is 27.6. The number of aliphatic hydroxyl groups excluding tert-OH is 1. The second-order valence-corrected chi connectivity index (χ2v) is 8.45. The van der Waals surface area contributed by atoms with Crippen molar-refractivity contribution >= 4 is 57.0 Å². The number of ether oxygens (including phenoxy) is 1. The summed E-state index contributed by atoms with van der Waals surface area (Å²) in [5.41, 5.74) is 0.370. The minimum Gasteiger partial charge on any atom is -0.461 e. The van der Waals surface area contributed by atoms with Gasteiger partial charge in [-0.25, -0.2) is 9.78 Å². The van der Waals surface area contributed by atoms with Crippen molar-refractivity contribution in [3.63, 3.8) is 0 Å². The van der Waals surface area contributed by atoms with Crippen LogP contribution in [0.5, 0.6) is 0 Å². The number of aromatic nitrogens is 1. The Morgan fingerprint density at radius 3 is 3.17 bits per heavy atom. The van der Waals surface area contributed by atoms with Crippen LogP contribution >= 0.6 is 34.7 Å². The highest BCUT2D eigenvalue weighted by Gasteiger charge is 2.39. The van der Waals surface area contributed by atoms with Crippen LogP contribution < -0.4 is 0 Å². The summed E-state index contributed by atoms with van der Waals surface area (Å²) in [5, 5.41) is 11.8. The summed E-state index contributed by atoms with van der Waals surface area (Å²) in [6, 6.07) is 0. The summed E-state index contributed by atoms with van der Waals surface area (Å²) in [7, 11) is 0. The lowest BCUT2D eigenvalue weighted by Crippen LogP contribution is -2.19. The Hall–Kier alpha value is -0.0275. The van der Waals surface area contributed by atoms with Crippen molar-refractivity contribution in [3.8, 4) is 0 Å². The predicted octanol–water partition coefficient (Wildman–Crippen LogP) is 3.09. The number of esters is 1. The maximum Gasteiger partial charge on any atom is 0.357 e. The van der Waals surface area contributed by atoms with Crippen molar-refractivity contribution < 1.29 is 14.6 Å². The molecule has 1 N–H and O–H groups in total. The number of hydrogen-bond donors (Lipinski definition) is 1. The van der Waals surface area contributed by atoms with E-state index in [2.05, 4.69) is 21.3 Å². The first-order valence-electron chi connectivity index (χ1n) is 7.52. The van der Waals surface area contributed by atoms with Crippen LogP contribution in [0.3, 0.4) is 0 Å². The molecule has 0 amide bonds. The molecular weight excluding hydrogens is 369 g/mol. The predicted molar refractivity (Wildman–Crippen MR) is 95.6 cm³/mol. The van der Waals surface area contributed by atoms with Gasteiger partial charge in [0.05, 0.1) is 12.7 Å². The molecule has 2 radical (unpaired) electrons. The number of aliphatic hydroxyl groups is 1. The van der Waals surface area contributed by atoms with Crippen LogP contribution in [0.15, 0.2) is 20.7 Å². The molecule has 0 aromatic carbocycles. The third-order valence-corrected chi connectivity index (χ3v) is 6.63. The Bertz CT molecular complexity index is 555. The van der Waals surface area contributed by atoms with E-state index in [0.717, 1.165) is 16.5 Å². The fourth-order valence-electron chi connectivity index (χ4n) is 2.77. The minimum absolute atomic E-state index is 0.00295. The number of carbonyl (C=O) groups is 1. The molecule has 2 rings (SSSR count). The van der Waals surface area contributed by atoms with Gasteiger partial charge in [0.15, 0.2) is 26.3 Å². The SMILES string of the molecule is CCOC(=O)c1csc(SCC[C@@H]2[C@@H](/C=[CH]/[Al])[C@H](O)C[C@H]2Cl)n1. The molecule has 1 fully saturated rings. The molecule has 23 heavy (non-hydrogen) atoms. The van der Waals surface area contributed by atoms with E-state index in [9.17, 15) is 9.90 Å². The highest BCUT2D eigenvalue weighted by molar-refractivity contribution is 8.01. The largest absolute Gasteiger partial charge is 0.461 e. The molecule has 4 nitrogen and oxygen atoms in total. The molecule has 1 saturated carbocycles. The van der Waals surface area contributed by atoms with Crippen molar-refractivity contribution in [2.75, 3.05) is 12.4 Å².